The molecular weight excluding hydrogens is 616 g/mol. The van der Waals surface area contributed by atoms with Crippen molar-refractivity contribution in [3.63, 3.8) is 0 Å². The monoisotopic (exact) mass is 643 g/mol. The number of hydrogen-bond acceptors (Lipinski definition) is 7. The van der Waals surface area contributed by atoms with Crippen LogP contribution in [0.25, 0.3) is 22.3 Å². The molecule has 1 unspecified atom stereocenters. The van der Waals surface area contributed by atoms with Crippen LogP contribution in [0.3, 0.4) is 0 Å². The van der Waals surface area contributed by atoms with Gasteiger partial charge in [0.05, 0.1) is 47.7 Å². The summed E-state index contributed by atoms with van der Waals surface area (Å²) < 4.78 is 42.8. The molecule has 1 N–H and O–H groups in total. The molecule has 0 saturated carbocycles. The lowest BCUT2D eigenvalue weighted by atomic mass is 9.87. The Morgan fingerprint density at radius 3 is 2.65 bits per heavy atom. The lowest BCUT2D eigenvalue weighted by Gasteiger charge is -2.28. The molecule has 1 atom stereocenters. The Labute approximate surface area is 268 Å². The highest BCUT2D eigenvalue weighted by molar-refractivity contribution is 6.31. The van der Waals surface area contributed by atoms with Gasteiger partial charge in [-0.05, 0) is 54.4 Å². The van der Waals surface area contributed by atoms with Gasteiger partial charge in [0.2, 0.25) is 0 Å². The van der Waals surface area contributed by atoms with E-state index >= 15 is 4.39 Å². The van der Waals surface area contributed by atoms with Crippen LogP contribution < -0.4 is 4.74 Å². The van der Waals surface area contributed by atoms with Gasteiger partial charge in [-0.1, -0.05) is 37.6 Å². The Kier molecular flexibility index (Phi) is 8.19. The van der Waals surface area contributed by atoms with Crippen molar-refractivity contribution < 1.29 is 28.2 Å². The maximum atomic E-state index is 15.2. The van der Waals surface area contributed by atoms with Crippen LogP contribution in [0.2, 0.25) is 5.02 Å². The number of aromatic nitrogens is 4. The summed E-state index contributed by atoms with van der Waals surface area (Å²) in [5, 5.41) is 19.0. The molecule has 12 heteroatoms. The average Bonchev–Trinajstić information content (AvgIpc) is 3.56. The van der Waals surface area contributed by atoms with Crippen molar-refractivity contribution >= 4 is 28.6 Å². The fourth-order valence-electron chi connectivity index (χ4n) is 5.74. The van der Waals surface area contributed by atoms with E-state index in [4.69, 9.17) is 26.3 Å². The number of aromatic carboxylic acids is 1. The van der Waals surface area contributed by atoms with Crippen molar-refractivity contribution in [2.45, 2.75) is 39.8 Å². The smallest absolute Gasteiger partial charge is 0.335 e. The van der Waals surface area contributed by atoms with Gasteiger partial charge in [-0.15, -0.1) is 0 Å². The van der Waals surface area contributed by atoms with Crippen LogP contribution in [0.1, 0.15) is 58.3 Å². The molecule has 5 aromatic rings. The summed E-state index contributed by atoms with van der Waals surface area (Å²) in [5.41, 5.74) is 3.29. The third kappa shape index (κ3) is 5.89. The molecule has 1 fully saturated rings. The number of nitrogens with zero attached hydrogens (tertiary/aromatic N) is 5. The van der Waals surface area contributed by atoms with E-state index in [-0.39, 0.29) is 52.7 Å². The Balaban J connectivity index is 1.32. The van der Waals surface area contributed by atoms with E-state index in [1.807, 2.05) is 37.5 Å². The van der Waals surface area contributed by atoms with Crippen LogP contribution in [0, 0.1) is 35.3 Å². The van der Waals surface area contributed by atoms with Gasteiger partial charge in [0.1, 0.15) is 23.8 Å². The SMILES string of the molecule is Cc1cc(Cc2nc3c(F)cc(C(=O)O)cc3n2C2COCC2(C)C)c(Cl)cc1-c1ccnc(OCc2ccc(C#N)cc2F)n1. The second-order valence-corrected chi connectivity index (χ2v) is 12.3. The van der Waals surface area contributed by atoms with Crippen LogP contribution in [0.4, 0.5) is 8.78 Å². The van der Waals surface area contributed by atoms with Crippen molar-refractivity contribution in [3.05, 3.63) is 105 Å². The fourth-order valence-corrected chi connectivity index (χ4v) is 5.97. The predicted octanol–water partition coefficient (Wildman–Crippen LogP) is 7.07. The standard InChI is InChI=1S/C34H28ClF2N5O4/c1-18-8-21(12-30-41-31-26(37)10-22(32(43)44)11-28(31)42(30)29-16-45-17-34(29,2)3)24(35)13-23(18)27-6-7-39-33(40-27)46-15-20-5-4-19(14-38)9-25(20)36/h4-11,13,29H,12,15-17H2,1-3H3,(H,43,44). The molecule has 6 rings (SSSR count). The minimum absolute atomic E-state index is 0.0405. The van der Waals surface area contributed by atoms with Crippen LogP contribution in [0.5, 0.6) is 6.01 Å². The number of aryl methyl sites for hydroxylation is 1. The Bertz CT molecular complexity index is 2060. The highest BCUT2D eigenvalue weighted by Crippen LogP contribution is 2.41. The first-order chi connectivity index (χ1) is 21.9. The number of ether oxygens (including phenoxy) is 2. The van der Waals surface area contributed by atoms with Crippen molar-refractivity contribution in [2.75, 3.05) is 13.2 Å². The number of rotatable bonds is 8. The van der Waals surface area contributed by atoms with E-state index in [1.165, 1.54) is 24.4 Å². The van der Waals surface area contributed by atoms with Gasteiger partial charge < -0.3 is 19.1 Å². The number of carbonyl (C=O) groups is 1. The fraction of sp³-hybridized carbons (Fsp3) is 0.265. The number of carboxylic acid groups (broad SMARTS) is 1. The average molecular weight is 644 g/mol. The van der Waals surface area contributed by atoms with E-state index in [0.717, 1.165) is 28.8 Å². The minimum Gasteiger partial charge on any atom is -0.478 e. The molecule has 1 aliphatic rings. The molecule has 2 aromatic heterocycles. The normalized spacial score (nSPS) is 15.6. The van der Waals surface area contributed by atoms with Crippen LogP contribution in [-0.4, -0.2) is 43.8 Å². The zero-order valence-electron chi connectivity index (χ0n) is 25.1. The molecule has 0 radical (unpaired) electrons. The third-order valence-corrected chi connectivity index (χ3v) is 8.57. The molecule has 234 valence electrons. The zero-order chi connectivity index (χ0) is 32.7. The van der Waals surface area contributed by atoms with Crippen molar-refractivity contribution in [3.8, 4) is 23.3 Å². The second kappa shape index (κ2) is 12.1. The molecule has 46 heavy (non-hydrogen) atoms. The van der Waals surface area contributed by atoms with Gasteiger partial charge in [-0.25, -0.2) is 23.5 Å². The minimum atomic E-state index is -1.23. The van der Waals surface area contributed by atoms with E-state index in [0.29, 0.717) is 35.3 Å². The maximum absolute atomic E-state index is 15.2. The van der Waals surface area contributed by atoms with Gasteiger partial charge in [-0.3, -0.25) is 0 Å². The maximum Gasteiger partial charge on any atom is 0.335 e. The first kappa shape index (κ1) is 31.1. The summed E-state index contributed by atoms with van der Waals surface area (Å²) in [5.74, 6) is -1.98. The molecule has 3 aromatic carbocycles. The highest BCUT2D eigenvalue weighted by atomic mass is 35.5. The molecule has 1 saturated heterocycles. The van der Waals surface area contributed by atoms with Gasteiger partial charge in [0.25, 0.3) is 0 Å². The number of benzene rings is 3. The Morgan fingerprint density at radius 1 is 1.15 bits per heavy atom. The molecule has 0 aliphatic carbocycles. The zero-order valence-corrected chi connectivity index (χ0v) is 25.9. The topological polar surface area (TPSA) is 123 Å². The predicted molar refractivity (Wildman–Crippen MR) is 166 cm³/mol. The van der Waals surface area contributed by atoms with E-state index in [9.17, 15) is 14.3 Å². The molecule has 0 bridgehead atoms. The summed E-state index contributed by atoms with van der Waals surface area (Å²) in [7, 11) is 0. The summed E-state index contributed by atoms with van der Waals surface area (Å²) in [4.78, 5) is 25.0. The number of imidazole rings is 1. The highest BCUT2D eigenvalue weighted by Gasteiger charge is 2.39. The van der Waals surface area contributed by atoms with Gasteiger partial charge in [-0.2, -0.15) is 10.2 Å². The van der Waals surface area contributed by atoms with E-state index in [2.05, 4.69) is 15.0 Å². The van der Waals surface area contributed by atoms with Gasteiger partial charge >= 0.3 is 12.0 Å². The number of fused-ring (bicyclic) bond motifs is 1. The van der Waals surface area contributed by atoms with Crippen molar-refractivity contribution in [2.24, 2.45) is 5.41 Å². The molecule has 9 nitrogen and oxygen atoms in total. The number of halogens is 3. The number of carboxylic acids is 1. The Morgan fingerprint density at radius 2 is 1.96 bits per heavy atom. The van der Waals surface area contributed by atoms with E-state index < -0.39 is 17.6 Å². The number of nitriles is 1. The van der Waals surface area contributed by atoms with E-state index in [1.54, 1.807) is 12.1 Å². The van der Waals surface area contributed by atoms with Gasteiger partial charge in [0.15, 0.2) is 5.82 Å². The molecular formula is C34H28ClF2N5O4. The van der Waals surface area contributed by atoms with Crippen molar-refractivity contribution in [1.29, 1.82) is 5.26 Å². The summed E-state index contributed by atoms with van der Waals surface area (Å²) in [6, 6.07) is 13.7. The molecule has 3 heterocycles. The number of hydrogen-bond donors (Lipinski definition) is 1. The summed E-state index contributed by atoms with van der Waals surface area (Å²) >= 11 is 6.84. The molecule has 1 aliphatic heterocycles. The second-order valence-electron chi connectivity index (χ2n) is 11.9. The summed E-state index contributed by atoms with van der Waals surface area (Å²) in [6.45, 7) is 6.72. The largest absolute Gasteiger partial charge is 0.478 e. The Hall–Kier alpha value is -4.92. The summed E-state index contributed by atoms with van der Waals surface area (Å²) in [6.07, 6.45) is 1.78. The third-order valence-electron chi connectivity index (χ3n) is 8.22. The lowest BCUT2D eigenvalue weighted by Crippen LogP contribution is -2.27. The first-order valence-electron chi connectivity index (χ1n) is 14.4. The van der Waals surface area contributed by atoms with Crippen molar-refractivity contribution in [1.82, 2.24) is 19.5 Å². The van der Waals surface area contributed by atoms with Crippen LogP contribution in [-0.2, 0) is 17.8 Å². The van der Waals surface area contributed by atoms with Crippen LogP contribution in [0.15, 0.2) is 54.7 Å². The quantitative estimate of drug-likeness (QED) is 0.190. The first-order valence-corrected chi connectivity index (χ1v) is 14.8. The molecule has 0 amide bonds. The van der Waals surface area contributed by atoms with Gasteiger partial charge in [0, 0.05) is 34.2 Å². The lowest BCUT2D eigenvalue weighted by molar-refractivity contribution is 0.0696. The molecule has 0 spiro atoms. The van der Waals surface area contributed by atoms with Crippen LogP contribution >= 0.6 is 11.6 Å².